The lowest BCUT2D eigenvalue weighted by molar-refractivity contribution is 0.102. The van der Waals surface area contributed by atoms with Crippen molar-refractivity contribution in [1.82, 2.24) is 4.90 Å². The van der Waals surface area contributed by atoms with Crippen LogP contribution in [0.3, 0.4) is 0 Å². The Morgan fingerprint density at radius 2 is 1.50 bits per heavy atom. The fourth-order valence-corrected chi connectivity index (χ4v) is 3.98. The van der Waals surface area contributed by atoms with Crippen molar-refractivity contribution in [3.8, 4) is 11.5 Å². The summed E-state index contributed by atoms with van der Waals surface area (Å²) in [6.07, 6.45) is 4.83. The summed E-state index contributed by atoms with van der Waals surface area (Å²) < 4.78 is 11.4. The minimum atomic E-state index is -0.196. The van der Waals surface area contributed by atoms with E-state index in [0.29, 0.717) is 28.7 Å². The Morgan fingerprint density at radius 3 is 2.11 bits per heavy atom. The standard InChI is InChI=1S/C30H37ClN2O3/c1-4-6-18-33(19-7-5-2)21-23-10-15-27(16-11-23)32-30(34)25-12-17-28(29(20-25)35-3)36-22-24-8-13-26(31)14-9-24/h8-17,20H,4-7,18-19,21-22H2,1-3H3,(H,32,34). The van der Waals surface area contributed by atoms with Crippen molar-refractivity contribution >= 4 is 23.2 Å². The molecule has 5 nitrogen and oxygen atoms in total. The van der Waals surface area contributed by atoms with Crippen molar-refractivity contribution < 1.29 is 14.3 Å². The third kappa shape index (κ3) is 8.58. The molecule has 0 fully saturated rings. The number of rotatable bonds is 14. The Bertz CT molecular complexity index is 1080. The predicted octanol–water partition coefficient (Wildman–Crippen LogP) is 7.58. The molecule has 0 bridgehead atoms. The van der Waals surface area contributed by atoms with Crippen LogP contribution in [0.2, 0.25) is 5.02 Å². The number of carbonyl (C=O) groups is 1. The van der Waals surface area contributed by atoms with Gasteiger partial charge in [-0.3, -0.25) is 9.69 Å². The highest BCUT2D eigenvalue weighted by Crippen LogP contribution is 2.29. The van der Waals surface area contributed by atoms with E-state index in [2.05, 4.69) is 36.2 Å². The van der Waals surface area contributed by atoms with E-state index in [1.807, 2.05) is 36.4 Å². The predicted molar refractivity (Wildman–Crippen MR) is 148 cm³/mol. The summed E-state index contributed by atoms with van der Waals surface area (Å²) in [6, 6.07) is 20.8. The number of nitrogens with zero attached hydrogens (tertiary/aromatic N) is 1. The Kier molecular flexibility index (Phi) is 11.1. The summed E-state index contributed by atoms with van der Waals surface area (Å²) in [5, 5.41) is 3.66. The molecule has 0 saturated heterocycles. The normalized spacial score (nSPS) is 10.9. The molecule has 36 heavy (non-hydrogen) atoms. The number of nitrogens with one attached hydrogen (secondary N) is 1. The summed E-state index contributed by atoms with van der Waals surface area (Å²) in [4.78, 5) is 15.4. The molecule has 0 aliphatic carbocycles. The molecule has 0 heterocycles. The largest absolute Gasteiger partial charge is 0.493 e. The number of amides is 1. The second-order valence-corrected chi connectivity index (χ2v) is 9.35. The quantitative estimate of drug-likeness (QED) is 0.244. The zero-order valence-corrected chi connectivity index (χ0v) is 22.3. The second kappa shape index (κ2) is 14.5. The number of methoxy groups -OCH3 is 1. The third-order valence-electron chi connectivity index (χ3n) is 6.01. The van der Waals surface area contributed by atoms with Crippen LogP contribution >= 0.6 is 11.6 Å². The van der Waals surface area contributed by atoms with Gasteiger partial charge >= 0.3 is 0 Å². The van der Waals surface area contributed by atoms with Gasteiger partial charge in [-0.2, -0.15) is 0 Å². The van der Waals surface area contributed by atoms with E-state index in [0.717, 1.165) is 30.9 Å². The molecule has 192 valence electrons. The highest BCUT2D eigenvalue weighted by Gasteiger charge is 2.12. The topological polar surface area (TPSA) is 50.8 Å². The van der Waals surface area contributed by atoms with Crippen molar-refractivity contribution in [1.29, 1.82) is 0 Å². The van der Waals surface area contributed by atoms with Crippen LogP contribution in [-0.2, 0) is 13.2 Å². The molecule has 0 aliphatic rings. The summed E-state index contributed by atoms with van der Waals surface area (Å²) in [5.41, 5.74) is 3.51. The van der Waals surface area contributed by atoms with Gasteiger partial charge in [0.05, 0.1) is 7.11 Å². The van der Waals surface area contributed by atoms with Crippen LogP contribution < -0.4 is 14.8 Å². The van der Waals surface area contributed by atoms with Crippen LogP contribution in [0.1, 0.15) is 61.0 Å². The van der Waals surface area contributed by atoms with Crippen LogP contribution in [-0.4, -0.2) is 31.0 Å². The molecule has 0 aromatic heterocycles. The zero-order valence-electron chi connectivity index (χ0n) is 21.6. The van der Waals surface area contributed by atoms with Gasteiger partial charge in [0.25, 0.3) is 5.91 Å². The average Bonchev–Trinajstić information content (AvgIpc) is 2.90. The van der Waals surface area contributed by atoms with E-state index in [-0.39, 0.29) is 5.91 Å². The first-order valence-electron chi connectivity index (χ1n) is 12.7. The molecule has 3 aromatic carbocycles. The minimum Gasteiger partial charge on any atom is -0.493 e. The van der Waals surface area contributed by atoms with E-state index < -0.39 is 0 Å². The van der Waals surface area contributed by atoms with E-state index >= 15 is 0 Å². The van der Waals surface area contributed by atoms with Crippen molar-refractivity contribution in [2.75, 3.05) is 25.5 Å². The second-order valence-electron chi connectivity index (χ2n) is 8.92. The molecule has 0 unspecified atom stereocenters. The Balaban J connectivity index is 1.59. The van der Waals surface area contributed by atoms with Crippen LogP contribution in [0.4, 0.5) is 5.69 Å². The summed E-state index contributed by atoms with van der Waals surface area (Å²) in [5.74, 6) is 0.882. The van der Waals surface area contributed by atoms with Gasteiger partial charge in [-0.05, 0) is 79.5 Å². The zero-order chi connectivity index (χ0) is 25.8. The molecule has 0 saturated carbocycles. The fraction of sp³-hybridized carbons (Fsp3) is 0.367. The first kappa shape index (κ1) is 27.6. The number of benzene rings is 3. The fourth-order valence-electron chi connectivity index (χ4n) is 3.86. The van der Waals surface area contributed by atoms with Crippen LogP contribution in [0, 0.1) is 0 Å². The lowest BCUT2D eigenvalue weighted by Crippen LogP contribution is -2.25. The summed E-state index contributed by atoms with van der Waals surface area (Å²) in [6.45, 7) is 8.01. The van der Waals surface area contributed by atoms with E-state index in [1.165, 1.54) is 31.2 Å². The number of carbonyl (C=O) groups excluding carboxylic acids is 1. The molecular formula is C30H37ClN2O3. The highest BCUT2D eigenvalue weighted by atomic mass is 35.5. The summed E-state index contributed by atoms with van der Waals surface area (Å²) in [7, 11) is 1.56. The van der Waals surface area contributed by atoms with Gasteiger partial charge in [0, 0.05) is 22.8 Å². The summed E-state index contributed by atoms with van der Waals surface area (Å²) >= 11 is 5.94. The van der Waals surface area contributed by atoms with Crippen molar-refractivity contribution in [2.24, 2.45) is 0 Å². The average molecular weight is 509 g/mol. The molecule has 3 aromatic rings. The van der Waals surface area contributed by atoms with Crippen LogP contribution in [0.15, 0.2) is 66.7 Å². The number of ether oxygens (including phenoxy) is 2. The minimum absolute atomic E-state index is 0.196. The van der Waals surface area contributed by atoms with Gasteiger partial charge < -0.3 is 14.8 Å². The number of halogens is 1. The Morgan fingerprint density at radius 1 is 0.861 bits per heavy atom. The van der Waals surface area contributed by atoms with Gasteiger partial charge in [-0.1, -0.05) is 62.6 Å². The van der Waals surface area contributed by atoms with Gasteiger partial charge in [0.1, 0.15) is 6.61 Å². The Labute approximate surface area is 220 Å². The van der Waals surface area contributed by atoms with E-state index in [1.54, 1.807) is 25.3 Å². The number of anilines is 1. The lowest BCUT2D eigenvalue weighted by Gasteiger charge is -2.22. The van der Waals surface area contributed by atoms with E-state index in [9.17, 15) is 4.79 Å². The van der Waals surface area contributed by atoms with Crippen LogP contribution in [0.25, 0.3) is 0 Å². The van der Waals surface area contributed by atoms with Gasteiger partial charge in [0.15, 0.2) is 11.5 Å². The number of hydrogen-bond donors (Lipinski definition) is 1. The SMILES string of the molecule is CCCCN(CCCC)Cc1ccc(NC(=O)c2ccc(OCc3ccc(Cl)cc3)c(OC)c2)cc1. The highest BCUT2D eigenvalue weighted by molar-refractivity contribution is 6.30. The number of unbranched alkanes of at least 4 members (excludes halogenated alkanes) is 2. The third-order valence-corrected chi connectivity index (χ3v) is 6.26. The maximum absolute atomic E-state index is 12.9. The first-order valence-corrected chi connectivity index (χ1v) is 13.1. The molecule has 1 N–H and O–H groups in total. The van der Waals surface area contributed by atoms with Crippen molar-refractivity contribution in [2.45, 2.75) is 52.7 Å². The van der Waals surface area contributed by atoms with E-state index in [4.69, 9.17) is 21.1 Å². The smallest absolute Gasteiger partial charge is 0.255 e. The maximum atomic E-state index is 12.9. The number of hydrogen-bond acceptors (Lipinski definition) is 4. The maximum Gasteiger partial charge on any atom is 0.255 e. The molecule has 0 atom stereocenters. The molecule has 1 amide bonds. The molecular weight excluding hydrogens is 472 g/mol. The first-order chi connectivity index (χ1) is 17.5. The molecule has 0 aliphatic heterocycles. The van der Waals surface area contributed by atoms with Crippen molar-refractivity contribution in [3.63, 3.8) is 0 Å². The Hall–Kier alpha value is -3.02. The molecule has 6 heteroatoms. The molecule has 3 rings (SSSR count). The van der Waals surface area contributed by atoms with Gasteiger partial charge in [-0.15, -0.1) is 0 Å². The lowest BCUT2D eigenvalue weighted by atomic mass is 10.1. The van der Waals surface area contributed by atoms with Crippen LogP contribution in [0.5, 0.6) is 11.5 Å². The molecule has 0 radical (unpaired) electrons. The van der Waals surface area contributed by atoms with Gasteiger partial charge in [0.2, 0.25) is 0 Å². The monoisotopic (exact) mass is 508 g/mol. The van der Waals surface area contributed by atoms with Crippen molar-refractivity contribution in [3.05, 3.63) is 88.4 Å². The molecule has 0 spiro atoms. The van der Waals surface area contributed by atoms with Gasteiger partial charge in [-0.25, -0.2) is 0 Å².